The van der Waals surface area contributed by atoms with E-state index in [-0.39, 0.29) is 11.8 Å². The molecule has 3 rings (SSSR count). The largest absolute Gasteiger partial charge is 0.350 e. The summed E-state index contributed by atoms with van der Waals surface area (Å²) in [5.41, 5.74) is 2.57. The summed E-state index contributed by atoms with van der Waals surface area (Å²) in [6.45, 7) is 0.465. The van der Waals surface area contributed by atoms with Gasteiger partial charge < -0.3 is 5.32 Å². The van der Waals surface area contributed by atoms with Crippen LogP contribution in [0.15, 0.2) is 30.5 Å². The summed E-state index contributed by atoms with van der Waals surface area (Å²) in [4.78, 5) is 20.9. The van der Waals surface area contributed by atoms with Crippen LogP contribution in [-0.2, 0) is 11.3 Å². The maximum Gasteiger partial charge on any atom is 0.223 e. The first kappa shape index (κ1) is 13.0. The van der Waals surface area contributed by atoms with Crippen LogP contribution in [0.4, 0.5) is 0 Å². The minimum Gasteiger partial charge on any atom is -0.350 e. The van der Waals surface area contributed by atoms with E-state index in [1.165, 1.54) is 19.3 Å². The van der Waals surface area contributed by atoms with Crippen molar-refractivity contribution >= 4 is 16.9 Å². The number of amides is 1. The highest BCUT2D eigenvalue weighted by Gasteiger charge is 2.20. The number of carbonyl (C=O) groups excluding carboxylic acids is 1. The smallest absolute Gasteiger partial charge is 0.223 e. The van der Waals surface area contributed by atoms with Crippen LogP contribution in [0.5, 0.6) is 0 Å². The number of nitrogens with one attached hydrogen (secondary N) is 1. The molecule has 1 aliphatic carbocycles. The SMILES string of the molecule is O=C(NCc1cnc2ccccc2n1)C1CCCCC1. The number of nitrogens with zero attached hydrogens (tertiary/aromatic N) is 2. The average Bonchev–Trinajstić information content (AvgIpc) is 2.53. The van der Waals surface area contributed by atoms with Gasteiger partial charge in [-0.2, -0.15) is 0 Å². The van der Waals surface area contributed by atoms with Crippen molar-refractivity contribution in [1.29, 1.82) is 0 Å². The van der Waals surface area contributed by atoms with Gasteiger partial charge in [-0.3, -0.25) is 9.78 Å². The van der Waals surface area contributed by atoms with Crippen LogP contribution in [0.3, 0.4) is 0 Å². The molecule has 1 heterocycles. The molecule has 1 fully saturated rings. The van der Waals surface area contributed by atoms with Crippen LogP contribution in [0.25, 0.3) is 11.0 Å². The van der Waals surface area contributed by atoms with E-state index in [4.69, 9.17) is 0 Å². The first-order valence-electron chi connectivity index (χ1n) is 7.31. The standard InChI is InChI=1S/C16H19N3O/c20-16(12-6-2-1-3-7-12)18-11-13-10-17-14-8-4-5-9-15(14)19-13/h4-5,8-10,12H,1-3,6-7,11H2,(H,18,20). The molecule has 0 radical (unpaired) electrons. The Bertz CT molecular complexity index is 605. The first-order chi connectivity index (χ1) is 9.83. The number of rotatable bonds is 3. The summed E-state index contributed by atoms with van der Waals surface area (Å²) in [6, 6.07) is 7.77. The molecule has 4 nitrogen and oxygen atoms in total. The van der Waals surface area contributed by atoms with Crippen LogP contribution in [0.1, 0.15) is 37.8 Å². The summed E-state index contributed by atoms with van der Waals surface area (Å²) >= 11 is 0. The molecule has 0 saturated heterocycles. The molecule has 1 aromatic heterocycles. The number of para-hydroxylation sites is 2. The van der Waals surface area contributed by atoms with Crippen molar-refractivity contribution in [2.45, 2.75) is 38.6 Å². The minimum atomic E-state index is 0.166. The molecular formula is C16H19N3O. The Morgan fingerprint density at radius 2 is 1.90 bits per heavy atom. The fourth-order valence-corrected chi connectivity index (χ4v) is 2.77. The first-order valence-corrected chi connectivity index (χ1v) is 7.31. The number of hydrogen-bond donors (Lipinski definition) is 1. The van der Waals surface area contributed by atoms with Gasteiger partial charge in [0.25, 0.3) is 0 Å². The molecule has 1 amide bonds. The third-order valence-electron chi connectivity index (χ3n) is 3.92. The Morgan fingerprint density at radius 1 is 1.15 bits per heavy atom. The van der Waals surface area contributed by atoms with Gasteiger partial charge in [-0.1, -0.05) is 31.4 Å². The molecule has 20 heavy (non-hydrogen) atoms. The fourth-order valence-electron chi connectivity index (χ4n) is 2.77. The van der Waals surface area contributed by atoms with Crippen LogP contribution < -0.4 is 5.32 Å². The summed E-state index contributed by atoms with van der Waals surface area (Å²) in [5.74, 6) is 0.358. The number of aromatic nitrogens is 2. The monoisotopic (exact) mass is 269 g/mol. The summed E-state index contributed by atoms with van der Waals surface area (Å²) in [5, 5.41) is 2.99. The van der Waals surface area contributed by atoms with Crippen molar-refractivity contribution < 1.29 is 4.79 Å². The molecule has 1 N–H and O–H groups in total. The van der Waals surface area contributed by atoms with Gasteiger partial charge in [0, 0.05) is 5.92 Å². The molecule has 0 aliphatic heterocycles. The topological polar surface area (TPSA) is 54.9 Å². The number of fused-ring (bicyclic) bond motifs is 1. The van der Waals surface area contributed by atoms with Crippen molar-refractivity contribution in [3.05, 3.63) is 36.2 Å². The zero-order valence-electron chi connectivity index (χ0n) is 11.5. The van der Waals surface area contributed by atoms with E-state index in [2.05, 4.69) is 15.3 Å². The highest BCUT2D eigenvalue weighted by atomic mass is 16.1. The van der Waals surface area contributed by atoms with Crippen LogP contribution in [0, 0.1) is 5.92 Å². The van der Waals surface area contributed by atoms with Crippen LogP contribution >= 0.6 is 0 Å². The molecule has 1 saturated carbocycles. The second-order valence-electron chi connectivity index (χ2n) is 5.40. The predicted octanol–water partition coefficient (Wildman–Crippen LogP) is 2.83. The van der Waals surface area contributed by atoms with Crippen molar-refractivity contribution in [3.63, 3.8) is 0 Å². The van der Waals surface area contributed by atoms with Gasteiger partial charge in [0.05, 0.1) is 29.5 Å². The van der Waals surface area contributed by atoms with E-state index in [1.54, 1.807) is 6.20 Å². The maximum absolute atomic E-state index is 12.1. The molecule has 0 unspecified atom stereocenters. The van der Waals surface area contributed by atoms with E-state index in [0.29, 0.717) is 6.54 Å². The lowest BCUT2D eigenvalue weighted by molar-refractivity contribution is -0.126. The van der Waals surface area contributed by atoms with Crippen molar-refractivity contribution in [2.75, 3.05) is 0 Å². The molecule has 2 aromatic rings. The second-order valence-corrected chi connectivity index (χ2v) is 5.40. The maximum atomic E-state index is 12.1. The third-order valence-corrected chi connectivity index (χ3v) is 3.92. The quantitative estimate of drug-likeness (QED) is 0.932. The Kier molecular flexibility index (Phi) is 3.90. The zero-order chi connectivity index (χ0) is 13.8. The summed E-state index contributed by atoms with van der Waals surface area (Å²) in [6.07, 6.45) is 7.40. The van der Waals surface area contributed by atoms with Gasteiger partial charge >= 0.3 is 0 Å². The van der Waals surface area contributed by atoms with Crippen LogP contribution in [-0.4, -0.2) is 15.9 Å². The van der Waals surface area contributed by atoms with Crippen molar-refractivity contribution in [3.8, 4) is 0 Å². The zero-order valence-corrected chi connectivity index (χ0v) is 11.5. The molecule has 104 valence electrons. The van der Waals surface area contributed by atoms with Crippen molar-refractivity contribution in [1.82, 2.24) is 15.3 Å². The van der Waals surface area contributed by atoms with Gasteiger partial charge in [0.2, 0.25) is 5.91 Å². The van der Waals surface area contributed by atoms with Gasteiger partial charge in [-0.25, -0.2) is 4.98 Å². The van der Waals surface area contributed by atoms with Crippen molar-refractivity contribution in [2.24, 2.45) is 5.92 Å². The van der Waals surface area contributed by atoms with Gasteiger partial charge in [-0.15, -0.1) is 0 Å². The Hall–Kier alpha value is -1.97. The fraction of sp³-hybridized carbons (Fsp3) is 0.438. The molecule has 0 bridgehead atoms. The Morgan fingerprint density at radius 3 is 2.70 bits per heavy atom. The Labute approximate surface area is 118 Å². The second kappa shape index (κ2) is 5.99. The van der Waals surface area contributed by atoms with Gasteiger partial charge in [-0.05, 0) is 25.0 Å². The predicted molar refractivity (Wildman–Crippen MR) is 78.0 cm³/mol. The van der Waals surface area contributed by atoms with E-state index >= 15 is 0 Å². The molecular weight excluding hydrogens is 250 g/mol. The Balaban J connectivity index is 1.62. The minimum absolute atomic E-state index is 0.166. The highest BCUT2D eigenvalue weighted by Crippen LogP contribution is 2.23. The summed E-state index contributed by atoms with van der Waals surface area (Å²) < 4.78 is 0. The van der Waals surface area contributed by atoms with E-state index < -0.39 is 0 Å². The normalized spacial score (nSPS) is 16.2. The van der Waals surface area contributed by atoms with E-state index in [1.807, 2.05) is 24.3 Å². The summed E-state index contributed by atoms with van der Waals surface area (Å²) in [7, 11) is 0. The van der Waals surface area contributed by atoms with E-state index in [9.17, 15) is 4.79 Å². The third kappa shape index (κ3) is 2.95. The molecule has 0 atom stereocenters. The molecule has 1 aromatic carbocycles. The lowest BCUT2D eigenvalue weighted by Gasteiger charge is -2.20. The molecule has 1 aliphatic rings. The van der Waals surface area contributed by atoms with E-state index in [0.717, 1.165) is 29.6 Å². The number of carbonyl (C=O) groups is 1. The van der Waals surface area contributed by atoms with Gasteiger partial charge in [0.1, 0.15) is 0 Å². The average molecular weight is 269 g/mol. The number of benzene rings is 1. The number of hydrogen-bond acceptors (Lipinski definition) is 3. The highest BCUT2D eigenvalue weighted by molar-refractivity contribution is 5.78. The molecule has 4 heteroatoms. The molecule has 0 spiro atoms. The van der Waals surface area contributed by atoms with Gasteiger partial charge in [0.15, 0.2) is 0 Å². The lowest BCUT2D eigenvalue weighted by atomic mass is 9.89. The van der Waals surface area contributed by atoms with Crippen LogP contribution in [0.2, 0.25) is 0 Å². The lowest BCUT2D eigenvalue weighted by Crippen LogP contribution is -2.31.